The van der Waals surface area contributed by atoms with E-state index in [1.165, 1.54) is 0 Å². The Balaban J connectivity index is 1.33. The number of pyridine rings is 1. The number of aromatic nitrogens is 1. The van der Waals surface area contributed by atoms with Crippen LogP contribution in [0, 0.1) is 6.92 Å². The highest BCUT2D eigenvalue weighted by Gasteiger charge is 2.29. The highest BCUT2D eigenvalue weighted by Crippen LogP contribution is 2.40. The Hall–Kier alpha value is -3.59. The number of rotatable bonds is 5. The van der Waals surface area contributed by atoms with Crippen molar-refractivity contribution < 1.29 is 22.7 Å². The molecule has 1 unspecified atom stereocenters. The molecular weight excluding hydrogens is 466 g/mol. The molecule has 35 heavy (non-hydrogen) atoms. The number of nitrogens with zero attached hydrogens (tertiary/aromatic N) is 3. The molecule has 1 fully saturated rings. The predicted molar refractivity (Wildman–Crippen MR) is 132 cm³/mol. The minimum absolute atomic E-state index is 0.0159. The summed E-state index contributed by atoms with van der Waals surface area (Å²) in [6.45, 7) is 4.02. The highest BCUT2D eigenvalue weighted by molar-refractivity contribution is 7.90. The maximum Gasteiger partial charge on any atom is 0.253 e. The van der Waals surface area contributed by atoms with Gasteiger partial charge >= 0.3 is 0 Å². The van der Waals surface area contributed by atoms with Gasteiger partial charge in [-0.1, -0.05) is 18.2 Å². The molecule has 0 saturated carbocycles. The first-order valence-electron chi connectivity index (χ1n) is 11.5. The Morgan fingerprint density at radius 3 is 2.66 bits per heavy atom. The molecule has 0 radical (unpaired) electrons. The molecule has 0 aliphatic carbocycles. The van der Waals surface area contributed by atoms with E-state index in [1.807, 2.05) is 59.5 Å². The summed E-state index contributed by atoms with van der Waals surface area (Å²) in [6, 6.07) is 16.8. The average molecular weight is 494 g/mol. The van der Waals surface area contributed by atoms with Gasteiger partial charge in [-0.2, -0.15) is 0 Å². The fourth-order valence-electron chi connectivity index (χ4n) is 4.59. The van der Waals surface area contributed by atoms with Gasteiger partial charge in [-0.05, 0) is 42.8 Å². The SMILES string of the molecule is Cc1cc(N2CCOc3ccc(OC4CCN(C(=O)c5ccccc5)C4)cc32)cnc1S(C)(=O)=O. The third-order valence-electron chi connectivity index (χ3n) is 6.23. The van der Waals surface area contributed by atoms with Crippen molar-refractivity contribution >= 4 is 27.1 Å². The van der Waals surface area contributed by atoms with Gasteiger partial charge in [0.15, 0.2) is 14.9 Å². The molecule has 0 bridgehead atoms. The molecule has 9 heteroatoms. The fraction of sp³-hybridized carbons (Fsp3) is 0.308. The van der Waals surface area contributed by atoms with Crippen LogP contribution in [0.5, 0.6) is 11.5 Å². The zero-order chi connectivity index (χ0) is 24.6. The van der Waals surface area contributed by atoms with Gasteiger partial charge in [0.2, 0.25) is 0 Å². The summed E-state index contributed by atoms with van der Waals surface area (Å²) >= 11 is 0. The number of benzene rings is 2. The normalized spacial score (nSPS) is 17.6. The second kappa shape index (κ2) is 9.22. The van der Waals surface area contributed by atoms with Crippen LogP contribution in [0.25, 0.3) is 0 Å². The van der Waals surface area contributed by atoms with Crippen molar-refractivity contribution in [3.8, 4) is 11.5 Å². The smallest absolute Gasteiger partial charge is 0.253 e. The average Bonchev–Trinajstić information content (AvgIpc) is 3.31. The second-order valence-corrected chi connectivity index (χ2v) is 10.8. The van der Waals surface area contributed by atoms with Crippen molar-refractivity contribution in [3.05, 3.63) is 71.9 Å². The molecule has 1 atom stereocenters. The molecule has 1 saturated heterocycles. The molecule has 0 spiro atoms. The van der Waals surface area contributed by atoms with Gasteiger partial charge in [0.05, 0.1) is 30.7 Å². The van der Waals surface area contributed by atoms with Crippen LogP contribution in [-0.4, -0.2) is 62.8 Å². The third-order valence-corrected chi connectivity index (χ3v) is 7.36. The van der Waals surface area contributed by atoms with Crippen molar-refractivity contribution in [1.82, 2.24) is 9.88 Å². The molecule has 2 aliphatic heterocycles. The molecule has 1 amide bonds. The van der Waals surface area contributed by atoms with Crippen LogP contribution in [-0.2, 0) is 9.84 Å². The first kappa shape index (κ1) is 23.2. The van der Waals surface area contributed by atoms with Crippen molar-refractivity contribution in [2.24, 2.45) is 0 Å². The number of fused-ring (bicyclic) bond motifs is 1. The quantitative estimate of drug-likeness (QED) is 0.536. The number of anilines is 2. The number of hydrogen-bond acceptors (Lipinski definition) is 7. The van der Waals surface area contributed by atoms with E-state index in [2.05, 4.69) is 9.88 Å². The van der Waals surface area contributed by atoms with E-state index in [0.29, 0.717) is 43.1 Å². The molecule has 8 nitrogen and oxygen atoms in total. The van der Waals surface area contributed by atoms with Gasteiger partial charge in [-0.3, -0.25) is 4.79 Å². The van der Waals surface area contributed by atoms with Gasteiger partial charge in [0, 0.05) is 30.9 Å². The number of carbonyl (C=O) groups is 1. The van der Waals surface area contributed by atoms with Crippen molar-refractivity contribution in [2.45, 2.75) is 24.5 Å². The first-order valence-corrected chi connectivity index (χ1v) is 13.4. The molecule has 2 aliphatic rings. The summed E-state index contributed by atoms with van der Waals surface area (Å²) in [5.74, 6) is 1.43. The number of carbonyl (C=O) groups excluding carboxylic acids is 1. The van der Waals surface area contributed by atoms with Crippen LogP contribution in [0.3, 0.4) is 0 Å². The summed E-state index contributed by atoms with van der Waals surface area (Å²) in [7, 11) is -3.39. The van der Waals surface area contributed by atoms with Crippen molar-refractivity contribution in [2.75, 3.05) is 37.4 Å². The van der Waals surface area contributed by atoms with E-state index in [0.717, 1.165) is 29.8 Å². The highest BCUT2D eigenvalue weighted by atomic mass is 32.2. The Kier molecular flexibility index (Phi) is 6.10. The van der Waals surface area contributed by atoms with Crippen molar-refractivity contribution in [3.63, 3.8) is 0 Å². The largest absolute Gasteiger partial charge is 0.490 e. The van der Waals surface area contributed by atoms with Gasteiger partial charge in [0.25, 0.3) is 5.91 Å². The van der Waals surface area contributed by atoms with Gasteiger partial charge in [-0.25, -0.2) is 13.4 Å². The lowest BCUT2D eigenvalue weighted by atomic mass is 10.2. The summed E-state index contributed by atoms with van der Waals surface area (Å²) < 4.78 is 36.0. The van der Waals surface area contributed by atoms with Crippen molar-refractivity contribution in [1.29, 1.82) is 0 Å². The van der Waals surface area contributed by atoms with E-state index in [4.69, 9.17) is 9.47 Å². The van der Waals surface area contributed by atoms with E-state index < -0.39 is 9.84 Å². The van der Waals surface area contributed by atoms with E-state index in [1.54, 1.807) is 13.1 Å². The topological polar surface area (TPSA) is 89.0 Å². The minimum atomic E-state index is -3.39. The van der Waals surface area contributed by atoms with E-state index >= 15 is 0 Å². The van der Waals surface area contributed by atoms with Gasteiger partial charge < -0.3 is 19.3 Å². The van der Waals surface area contributed by atoms with E-state index in [9.17, 15) is 13.2 Å². The summed E-state index contributed by atoms with van der Waals surface area (Å²) in [5.41, 5.74) is 2.90. The zero-order valence-corrected chi connectivity index (χ0v) is 20.5. The molecule has 182 valence electrons. The fourth-order valence-corrected chi connectivity index (χ4v) is 5.47. The molecular formula is C26H27N3O5S. The van der Waals surface area contributed by atoms with Crippen LogP contribution in [0.4, 0.5) is 11.4 Å². The van der Waals surface area contributed by atoms with Gasteiger partial charge in [-0.15, -0.1) is 0 Å². The Labute approximate surface area is 205 Å². The Bertz CT molecular complexity index is 1360. The summed E-state index contributed by atoms with van der Waals surface area (Å²) in [4.78, 5) is 20.8. The number of aryl methyl sites for hydroxylation is 1. The zero-order valence-electron chi connectivity index (χ0n) is 19.7. The van der Waals surface area contributed by atoms with Crippen LogP contribution in [0.2, 0.25) is 0 Å². The number of sulfone groups is 1. The molecule has 1 aromatic heterocycles. The molecule has 0 N–H and O–H groups in total. The van der Waals surface area contributed by atoms with E-state index in [-0.39, 0.29) is 17.0 Å². The maximum atomic E-state index is 12.8. The number of hydrogen-bond donors (Lipinski definition) is 0. The summed E-state index contributed by atoms with van der Waals surface area (Å²) in [6.07, 6.45) is 3.39. The predicted octanol–water partition coefficient (Wildman–Crippen LogP) is 3.62. The number of ether oxygens (including phenoxy) is 2. The van der Waals surface area contributed by atoms with Crippen LogP contribution in [0.15, 0.2) is 65.8 Å². The lowest BCUT2D eigenvalue weighted by Gasteiger charge is -2.32. The third kappa shape index (κ3) is 4.81. The standard InChI is InChI=1S/C26H27N3O5S/c1-18-14-20(16-27-25(18)35(2,31)32)29-12-13-33-24-9-8-21(15-23(24)29)34-22-10-11-28(17-22)26(30)19-6-4-3-5-7-19/h3-9,14-16,22H,10-13,17H2,1-2H3. The molecule has 2 aromatic carbocycles. The van der Waals surface area contributed by atoms with Gasteiger partial charge in [0.1, 0.15) is 24.2 Å². The van der Waals surface area contributed by atoms with Crippen LogP contribution in [0.1, 0.15) is 22.3 Å². The number of likely N-dealkylation sites (tertiary alicyclic amines) is 1. The molecule has 3 heterocycles. The minimum Gasteiger partial charge on any atom is -0.490 e. The maximum absolute atomic E-state index is 12.8. The monoisotopic (exact) mass is 493 g/mol. The van der Waals surface area contributed by atoms with Crippen LogP contribution < -0.4 is 14.4 Å². The Morgan fingerprint density at radius 2 is 1.91 bits per heavy atom. The summed E-state index contributed by atoms with van der Waals surface area (Å²) in [5, 5.41) is 0.0858. The number of amides is 1. The Morgan fingerprint density at radius 1 is 1.11 bits per heavy atom. The molecule has 3 aromatic rings. The lowest BCUT2D eigenvalue weighted by molar-refractivity contribution is 0.0772. The van der Waals surface area contributed by atoms with Crippen LogP contribution >= 0.6 is 0 Å². The lowest BCUT2D eigenvalue weighted by Crippen LogP contribution is -2.31. The first-order chi connectivity index (χ1) is 16.8. The molecule has 5 rings (SSSR count). The second-order valence-electron chi connectivity index (χ2n) is 8.86.